The highest BCUT2D eigenvalue weighted by Crippen LogP contribution is 2.25. The van der Waals surface area contributed by atoms with Crippen LogP contribution in [-0.4, -0.2) is 32.9 Å². The summed E-state index contributed by atoms with van der Waals surface area (Å²) in [7, 11) is -3.43. The van der Waals surface area contributed by atoms with E-state index in [1.807, 2.05) is 12.1 Å². The van der Waals surface area contributed by atoms with E-state index in [1.165, 1.54) is 18.2 Å². The van der Waals surface area contributed by atoms with Crippen molar-refractivity contribution in [1.82, 2.24) is 5.32 Å². The Morgan fingerprint density at radius 1 is 1.04 bits per heavy atom. The van der Waals surface area contributed by atoms with E-state index in [2.05, 4.69) is 10.0 Å². The molecule has 0 spiro atoms. The van der Waals surface area contributed by atoms with Crippen LogP contribution >= 0.6 is 46.6 Å². The molecule has 0 aliphatic heterocycles. The summed E-state index contributed by atoms with van der Waals surface area (Å²) in [6, 6.07) is 9.84. The lowest BCUT2D eigenvalue weighted by Crippen LogP contribution is -2.26. The van der Waals surface area contributed by atoms with Crippen LogP contribution in [0.3, 0.4) is 0 Å². The first-order chi connectivity index (χ1) is 12.7. The van der Waals surface area contributed by atoms with Gasteiger partial charge in [-0.25, -0.2) is 8.42 Å². The Bertz CT molecular complexity index is 937. The van der Waals surface area contributed by atoms with Crippen molar-refractivity contribution in [3.63, 3.8) is 0 Å². The number of halogens is 3. The Kier molecular flexibility index (Phi) is 8.12. The van der Waals surface area contributed by atoms with Gasteiger partial charge in [-0.2, -0.15) is 11.8 Å². The van der Waals surface area contributed by atoms with Gasteiger partial charge in [0.25, 0.3) is 5.91 Å². The third-order valence-electron chi connectivity index (χ3n) is 3.30. The van der Waals surface area contributed by atoms with Gasteiger partial charge in [0.2, 0.25) is 10.0 Å². The van der Waals surface area contributed by atoms with E-state index in [4.69, 9.17) is 34.8 Å². The average Bonchev–Trinajstić information content (AvgIpc) is 2.58. The molecule has 0 bridgehead atoms. The van der Waals surface area contributed by atoms with E-state index in [9.17, 15) is 13.2 Å². The predicted molar refractivity (Wildman–Crippen MR) is 115 cm³/mol. The Hall–Kier alpha value is -1.12. The van der Waals surface area contributed by atoms with Crippen molar-refractivity contribution in [3.8, 4) is 0 Å². The molecule has 1 amide bonds. The minimum Gasteiger partial charge on any atom is -0.351 e. The molecule has 0 unspecified atom stereocenters. The standard InChI is InChI=1S/C17H17Cl3N2O3S2/c1-27(24,25)22-12-3-5-14(18)13(9-12)17(23)21-6-7-26-10-11-2-4-15(19)16(20)8-11/h2-5,8-9,22H,6-7,10H2,1H3,(H,21,23). The first-order valence-electron chi connectivity index (χ1n) is 7.73. The number of sulfonamides is 1. The minimum atomic E-state index is -3.43. The number of carbonyl (C=O) groups excluding carboxylic acids is 1. The highest BCUT2D eigenvalue weighted by molar-refractivity contribution is 7.98. The van der Waals surface area contributed by atoms with Gasteiger partial charge in [-0.1, -0.05) is 40.9 Å². The second-order valence-electron chi connectivity index (χ2n) is 5.63. The number of nitrogens with one attached hydrogen (secondary N) is 2. The summed E-state index contributed by atoms with van der Waals surface area (Å²) in [5, 5.41) is 4.04. The van der Waals surface area contributed by atoms with Crippen molar-refractivity contribution in [1.29, 1.82) is 0 Å². The van der Waals surface area contributed by atoms with Crippen LogP contribution in [0, 0.1) is 0 Å². The van der Waals surface area contributed by atoms with Crippen molar-refractivity contribution in [2.75, 3.05) is 23.3 Å². The first-order valence-corrected chi connectivity index (χ1v) is 11.9. The Morgan fingerprint density at radius 2 is 1.74 bits per heavy atom. The number of anilines is 1. The topological polar surface area (TPSA) is 75.3 Å². The summed E-state index contributed by atoms with van der Waals surface area (Å²) in [6.45, 7) is 0.435. The van der Waals surface area contributed by atoms with Crippen LogP contribution in [0.15, 0.2) is 36.4 Å². The Balaban J connectivity index is 1.84. The van der Waals surface area contributed by atoms with Gasteiger partial charge in [0.15, 0.2) is 0 Å². The molecule has 146 valence electrons. The van der Waals surface area contributed by atoms with Crippen molar-refractivity contribution < 1.29 is 13.2 Å². The molecule has 0 aliphatic carbocycles. The van der Waals surface area contributed by atoms with Crippen LogP contribution in [0.5, 0.6) is 0 Å². The van der Waals surface area contributed by atoms with Crippen molar-refractivity contribution in [2.24, 2.45) is 0 Å². The number of rotatable bonds is 8. The third kappa shape index (κ3) is 7.43. The highest BCUT2D eigenvalue weighted by atomic mass is 35.5. The van der Waals surface area contributed by atoms with E-state index >= 15 is 0 Å². The molecule has 27 heavy (non-hydrogen) atoms. The van der Waals surface area contributed by atoms with Crippen molar-refractivity contribution in [3.05, 3.63) is 62.6 Å². The minimum absolute atomic E-state index is 0.208. The summed E-state index contributed by atoms with van der Waals surface area (Å²) >= 11 is 19.5. The maximum atomic E-state index is 12.3. The van der Waals surface area contributed by atoms with Crippen LogP contribution in [0.4, 0.5) is 5.69 Å². The van der Waals surface area contributed by atoms with Crippen LogP contribution in [0.25, 0.3) is 0 Å². The first kappa shape index (κ1) is 22.2. The molecular formula is C17H17Cl3N2O3S2. The monoisotopic (exact) mass is 466 g/mol. The van der Waals surface area contributed by atoms with Crippen LogP contribution < -0.4 is 10.0 Å². The molecule has 0 atom stereocenters. The number of hydrogen-bond acceptors (Lipinski definition) is 4. The van der Waals surface area contributed by atoms with Gasteiger partial charge >= 0.3 is 0 Å². The second kappa shape index (κ2) is 9.89. The maximum absolute atomic E-state index is 12.3. The summed E-state index contributed by atoms with van der Waals surface area (Å²) < 4.78 is 24.9. The fourth-order valence-electron chi connectivity index (χ4n) is 2.13. The second-order valence-corrected chi connectivity index (χ2v) is 9.70. The molecular weight excluding hydrogens is 451 g/mol. The van der Waals surface area contributed by atoms with E-state index in [0.29, 0.717) is 22.3 Å². The predicted octanol–water partition coefficient (Wildman–Crippen LogP) is 4.68. The van der Waals surface area contributed by atoms with Crippen molar-refractivity contribution in [2.45, 2.75) is 5.75 Å². The molecule has 10 heteroatoms. The summed E-state index contributed by atoms with van der Waals surface area (Å²) in [6.07, 6.45) is 1.03. The molecule has 2 rings (SSSR count). The van der Waals surface area contributed by atoms with E-state index in [-0.39, 0.29) is 22.2 Å². The Morgan fingerprint density at radius 3 is 2.41 bits per heavy atom. The zero-order chi connectivity index (χ0) is 20.0. The van der Waals surface area contributed by atoms with Crippen molar-refractivity contribution >= 4 is 68.2 Å². The summed E-state index contributed by atoms with van der Waals surface area (Å²) in [5.74, 6) is 1.05. The molecule has 0 saturated heterocycles. The number of hydrogen-bond donors (Lipinski definition) is 2. The smallest absolute Gasteiger partial charge is 0.252 e. The molecule has 0 aliphatic rings. The lowest BCUT2D eigenvalue weighted by molar-refractivity contribution is 0.0956. The van der Waals surface area contributed by atoms with Crippen LogP contribution in [-0.2, 0) is 15.8 Å². The van der Waals surface area contributed by atoms with E-state index in [1.54, 1.807) is 17.8 Å². The average molecular weight is 468 g/mol. The van der Waals surface area contributed by atoms with E-state index < -0.39 is 10.0 Å². The molecule has 0 radical (unpaired) electrons. The zero-order valence-electron chi connectivity index (χ0n) is 14.3. The summed E-state index contributed by atoms with van der Waals surface area (Å²) in [4.78, 5) is 12.3. The fraction of sp³-hybridized carbons (Fsp3) is 0.235. The lowest BCUT2D eigenvalue weighted by atomic mass is 10.2. The van der Waals surface area contributed by atoms with Gasteiger partial charge in [0, 0.05) is 23.7 Å². The molecule has 0 fully saturated rings. The van der Waals surface area contributed by atoms with Gasteiger partial charge in [-0.05, 0) is 35.9 Å². The quantitative estimate of drug-likeness (QED) is 0.553. The van der Waals surface area contributed by atoms with Crippen LogP contribution in [0.1, 0.15) is 15.9 Å². The summed E-state index contributed by atoms with van der Waals surface area (Å²) in [5.41, 5.74) is 1.53. The SMILES string of the molecule is CS(=O)(=O)Nc1ccc(Cl)c(C(=O)NCCSCc2ccc(Cl)c(Cl)c2)c1. The zero-order valence-corrected chi connectivity index (χ0v) is 18.2. The normalized spacial score (nSPS) is 11.3. The number of carbonyl (C=O) groups is 1. The molecule has 2 N–H and O–H groups in total. The van der Waals surface area contributed by atoms with Gasteiger partial charge < -0.3 is 5.32 Å². The molecule has 5 nitrogen and oxygen atoms in total. The van der Waals surface area contributed by atoms with Gasteiger partial charge in [0.1, 0.15) is 0 Å². The maximum Gasteiger partial charge on any atom is 0.252 e. The van der Waals surface area contributed by atoms with Gasteiger partial charge in [0.05, 0.1) is 26.9 Å². The van der Waals surface area contributed by atoms with Gasteiger partial charge in [-0.15, -0.1) is 0 Å². The molecule has 0 saturated carbocycles. The Labute approximate surface area is 177 Å². The third-order valence-corrected chi connectivity index (χ3v) is 6.00. The number of benzene rings is 2. The fourth-order valence-corrected chi connectivity index (χ4v) is 4.01. The number of amides is 1. The largest absolute Gasteiger partial charge is 0.351 e. The molecule has 2 aromatic carbocycles. The molecule has 2 aromatic rings. The van der Waals surface area contributed by atoms with E-state index in [0.717, 1.165) is 17.6 Å². The van der Waals surface area contributed by atoms with Crippen LogP contribution in [0.2, 0.25) is 15.1 Å². The molecule has 0 heterocycles. The highest BCUT2D eigenvalue weighted by Gasteiger charge is 2.12. The number of thioether (sulfide) groups is 1. The molecule has 0 aromatic heterocycles. The lowest BCUT2D eigenvalue weighted by Gasteiger charge is -2.10. The van der Waals surface area contributed by atoms with Gasteiger partial charge in [-0.3, -0.25) is 9.52 Å².